The maximum absolute atomic E-state index is 14.3. The maximum Gasteiger partial charge on any atom is 0.311 e. The summed E-state index contributed by atoms with van der Waals surface area (Å²) in [7, 11) is 1.59. The number of methoxy groups -OCH3 is 1. The number of likely N-dealkylation sites (tertiary alicyclic amines) is 1. The van der Waals surface area contributed by atoms with Gasteiger partial charge in [-0.25, -0.2) is 0 Å². The van der Waals surface area contributed by atoms with Gasteiger partial charge in [-0.1, -0.05) is 18.2 Å². The molecular weight excluding hydrogens is 480 g/mol. The molecule has 1 aromatic rings. The normalized spacial score (nSPS) is 33.1. The molecule has 0 saturated carbocycles. The lowest BCUT2D eigenvalue weighted by Crippen LogP contribution is -2.53. The minimum atomic E-state index is -0.882. The molecule has 4 aliphatic rings. The Hall–Kier alpha value is -2.78. The van der Waals surface area contributed by atoms with Crippen LogP contribution in [0, 0.1) is 11.8 Å². The molecule has 0 radical (unpaired) electrons. The van der Waals surface area contributed by atoms with E-state index in [0.29, 0.717) is 31.7 Å². The average molecular weight is 513 g/mol. The minimum Gasteiger partial charge on any atom is -0.497 e. The van der Waals surface area contributed by atoms with Gasteiger partial charge in [0.1, 0.15) is 18.4 Å². The summed E-state index contributed by atoms with van der Waals surface area (Å²) in [5, 5.41) is 9.20. The van der Waals surface area contributed by atoms with Crippen LogP contribution in [0.4, 0.5) is 5.69 Å². The van der Waals surface area contributed by atoms with Crippen LogP contribution < -0.4 is 9.64 Å². The zero-order chi connectivity index (χ0) is 25.5. The van der Waals surface area contributed by atoms with E-state index in [9.17, 15) is 19.5 Å². The molecule has 9 heteroatoms. The summed E-state index contributed by atoms with van der Waals surface area (Å²) in [5.41, 5.74) is 0.723. The van der Waals surface area contributed by atoms with Crippen molar-refractivity contribution in [3.63, 3.8) is 0 Å². The van der Waals surface area contributed by atoms with Crippen LogP contribution in [0.3, 0.4) is 0 Å². The number of cyclic esters (lactones) is 1. The number of benzene rings is 1. The smallest absolute Gasteiger partial charge is 0.311 e. The second-order valence-electron chi connectivity index (χ2n) is 9.89. The highest BCUT2D eigenvalue weighted by Gasteiger charge is 2.74. The fourth-order valence-corrected chi connectivity index (χ4v) is 8.31. The molecule has 192 valence electrons. The van der Waals surface area contributed by atoms with Crippen molar-refractivity contribution in [2.24, 2.45) is 11.8 Å². The molecular formula is C27H32N2O6S. The predicted molar refractivity (Wildman–Crippen MR) is 137 cm³/mol. The number of hydrogen-bond acceptors (Lipinski definition) is 7. The molecule has 5 atom stereocenters. The monoisotopic (exact) mass is 512 g/mol. The summed E-state index contributed by atoms with van der Waals surface area (Å²) in [5.74, 6) is -1.40. The fourth-order valence-electron chi connectivity index (χ4n) is 6.16. The molecule has 0 bridgehead atoms. The molecule has 1 unspecified atom stereocenters. The molecule has 1 aromatic carbocycles. The third-order valence-electron chi connectivity index (χ3n) is 7.75. The van der Waals surface area contributed by atoms with E-state index < -0.39 is 27.4 Å². The average Bonchev–Trinajstić information content (AvgIpc) is 3.12. The van der Waals surface area contributed by atoms with Crippen LogP contribution in [0.2, 0.25) is 0 Å². The quantitative estimate of drug-likeness (QED) is 0.341. The van der Waals surface area contributed by atoms with E-state index in [2.05, 4.69) is 0 Å². The first-order chi connectivity index (χ1) is 17.4. The Morgan fingerprint density at radius 3 is 2.56 bits per heavy atom. The van der Waals surface area contributed by atoms with Crippen molar-refractivity contribution in [3.8, 4) is 5.75 Å². The lowest BCUT2D eigenvalue weighted by molar-refractivity contribution is -0.152. The molecule has 2 fully saturated rings. The number of hydrogen-bond donors (Lipinski definition) is 1. The SMILES string of the molecule is COc1ccc(N2CC=C[C@]34S[C@@]5(C)C=CCOC(=O)[C@H]5[C@H]3C(=O)N(CCCCCO)C4C2=O)cc1. The second kappa shape index (κ2) is 9.59. The molecule has 8 nitrogen and oxygen atoms in total. The number of ether oxygens (including phenoxy) is 2. The van der Waals surface area contributed by atoms with E-state index in [1.807, 2.05) is 55.5 Å². The Balaban J connectivity index is 1.57. The van der Waals surface area contributed by atoms with Crippen LogP contribution in [0.5, 0.6) is 5.75 Å². The van der Waals surface area contributed by atoms with Gasteiger partial charge in [0.25, 0.3) is 5.91 Å². The lowest BCUT2D eigenvalue weighted by Gasteiger charge is -2.36. The van der Waals surface area contributed by atoms with Gasteiger partial charge in [-0.3, -0.25) is 14.4 Å². The number of aliphatic hydroxyl groups is 1. The van der Waals surface area contributed by atoms with E-state index in [-0.39, 0.29) is 31.0 Å². The number of esters is 1. The zero-order valence-electron chi connectivity index (χ0n) is 20.6. The number of aliphatic hydroxyl groups excluding tert-OH is 1. The number of carbonyl (C=O) groups is 3. The Kier molecular flexibility index (Phi) is 6.63. The highest BCUT2D eigenvalue weighted by atomic mass is 32.2. The first-order valence-electron chi connectivity index (χ1n) is 12.5. The third kappa shape index (κ3) is 3.84. The van der Waals surface area contributed by atoms with E-state index in [0.717, 1.165) is 12.1 Å². The number of unbranched alkanes of at least 4 members (excludes halogenated alkanes) is 2. The number of nitrogens with zero attached hydrogens (tertiary/aromatic N) is 2. The van der Waals surface area contributed by atoms with Gasteiger partial charge in [0.15, 0.2) is 0 Å². The van der Waals surface area contributed by atoms with Gasteiger partial charge in [-0.05, 0) is 56.5 Å². The van der Waals surface area contributed by atoms with Gasteiger partial charge in [0, 0.05) is 30.1 Å². The third-order valence-corrected chi connectivity index (χ3v) is 9.55. The van der Waals surface area contributed by atoms with Gasteiger partial charge in [-0.2, -0.15) is 0 Å². The summed E-state index contributed by atoms with van der Waals surface area (Å²) in [6.45, 7) is 3.01. The summed E-state index contributed by atoms with van der Waals surface area (Å²) in [6.07, 6.45) is 9.81. The number of anilines is 1. The largest absolute Gasteiger partial charge is 0.497 e. The molecule has 4 heterocycles. The zero-order valence-corrected chi connectivity index (χ0v) is 21.4. The number of amides is 2. The number of carbonyl (C=O) groups excluding carboxylic acids is 3. The summed E-state index contributed by atoms with van der Waals surface area (Å²) < 4.78 is 9.20. The van der Waals surface area contributed by atoms with E-state index in [1.165, 1.54) is 0 Å². The molecule has 2 amide bonds. The van der Waals surface area contributed by atoms with Crippen LogP contribution in [-0.2, 0) is 19.1 Å². The van der Waals surface area contributed by atoms with E-state index >= 15 is 0 Å². The van der Waals surface area contributed by atoms with Gasteiger partial charge in [0.2, 0.25) is 5.91 Å². The summed E-state index contributed by atoms with van der Waals surface area (Å²) in [4.78, 5) is 44.9. The molecule has 36 heavy (non-hydrogen) atoms. The molecule has 5 rings (SSSR count). The van der Waals surface area contributed by atoms with Crippen molar-refractivity contribution < 1.29 is 29.0 Å². The number of rotatable bonds is 7. The van der Waals surface area contributed by atoms with Crippen LogP contribution in [0.15, 0.2) is 48.6 Å². The highest BCUT2D eigenvalue weighted by molar-refractivity contribution is 8.02. The first-order valence-corrected chi connectivity index (χ1v) is 13.3. The van der Waals surface area contributed by atoms with Crippen LogP contribution in [0.1, 0.15) is 26.2 Å². The van der Waals surface area contributed by atoms with Crippen molar-refractivity contribution >= 4 is 35.2 Å². The van der Waals surface area contributed by atoms with E-state index in [4.69, 9.17) is 9.47 Å². The van der Waals surface area contributed by atoms with Crippen LogP contribution in [-0.4, -0.2) is 76.7 Å². The van der Waals surface area contributed by atoms with Gasteiger partial charge >= 0.3 is 5.97 Å². The molecule has 0 aromatic heterocycles. The Bertz CT molecular complexity index is 1100. The summed E-state index contributed by atoms with van der Waals surface area (Å²) in [6, 6.07) is 6.56. The van der Waals surface area contributed by atoms with Crippen LogP contribution in [0.25, 0.3) is 0 Å². The molecule has 1 N–H and O–H groups in total. The fraction of sp³-hybridized carbons (Fsp3) is 0.519. The minimum absolute atomic E-state index is 0.0886. The molecule has 2 saturated heterocycles. The topological polar surface area (TPSA) is 96.4 Å². The van der Waals surface area contributed by atoms with E-state index in [1.54, 1.807) is 28.7 Å². The van der Waals surface area contributed by atoms with Gasteiger partial charge < -0.3 is 24.4 Å². The maximum atomic E-state index is 14.3. The molecule has 4 aliphatic heterocycles. The van der Waals surface area contributed by atoms with Gasteiger partial charge in [-0.15, -0.1) is 11.8 Å². The lowest BCUT2D eigenvalue weighted by atomic mass is 9.75. The Morgan fingerprint density at radius 2 is 1.83 bits per heavy atom. The predicted octanol–water partition coefficient (Wildman–Crippen LogP) is 2.56. The molecule has 1 spiro atoms. The van der Waals surface area contributed by atoms with Crippen LogP contribution >= 0.6 is 11.8 Å². The number of thioether (sulfide) groups is 1. The Labute approximate surface area is 215 Å². The molecule has 0 aliphatic carbocycles. The van der Waals surface area contributed by atoms with Crippen molar-refractivity contribution in [3.05, 3.63) is 48.6 Å². The Morgan fingerprint density at radius 1 is 1.06 bits per heavy atom. The highest BCUT2D eigenvalue weighted by Crippen LogP contribution is 2.65. The standard InChI is InChI=1S/C27H32N2O6S/c1-26-12-7-17-35-25(33)21(26)20-23(31)29(14-4-3-5-16-30)22-24(32)28(15-6-13-27(20,22)36-26)18-8-10-19(34-2)11-9-18/h6-13,20-22,30H,3-5,14-17H2,1-2H3/t20-,21+,22?,26-,27-/m0/s1. The van der Waals surface area contributed by atoms with Crippen molar-refractivity contribution in [2.45, 2.75) is 41.7 Å². The number of fused-ring (bicyclic) bond motifs is 2. The van der Waals surface area contributed by atoms with Crippen molar-refractivity contribution in [1.29, 1.82) is 0 Å². The first kappa shape index (κ1) is 24.9. The van der Waals surface area contributed by atoms with Crippen molar-refractivity contribution in [1.82, 2.24) is 4.90 Å². The van der Waals surface area contributed by atoms with Crippen molar-refractivity contribution in [2.75, 3.05) is 38.3 Å². The summed E-state index contributed by atoms with van der Waals surface area (Å²) >= 11 is 1.54. The second-order valence-corrected chi connectivity index (χ2v) is 11.7. The van der Waals surface area contributed by atoms with Gasteiger partial charge in [0.05, 0.1) is 23.7 Å².